The molecule has 29 heavy (non-hydrogen) atoms. The van der Waals surface area contributed by atoms with Gasteiger partial charge in [0.1, 0.15) is 5.65 Å². The van der Waals surface area contributed by atoms with Gasteiger partial charge in [-0.05, 0) is 30.9 Å². The number of nitrogens with one attached hydrogen (secondary N) is 2. The van der Waals surface area contributed by atoms with Gasteiger partial charge in [-0.25, -0.2) is 4.98 Å². The molecule has 0 bridgehead atoms. The number of carbonyl (C=O) groups excluding carboxylic acids is 2. The monoisotopic (exact) mass is 394 g/mol. The molecule has 0 radical (unpaired) electrons. The number of pyridine rings is 1. The van der Waals surface area contributed by atoms with E-state index in [2.05, 4.69) is 20.7 Å². The van der Waals surface area contributed by atoms with E-state index < -0.39 is 0 Å². The first kappa shape index (κ1) is 19.2. The maximum Gasteiger partial charge on any atom is 0.243 e. The minimum Gasteiger partial charge on any atom is -0.347 e. The number of aromatic nitrogens is 4. The van der Waals surface area contributed by atoms with Gasteiger partial charge in [-0.3, -0.25) is 14.3 Å². The Hall–Kier alpha value is -3.16. The summed E-state index contributed by atoms with van der Waals surface area (Å²) in [6.45, 7) is 0.485. The highest BCUT2D eigenvalue weighted by atomic mass is 16.2. The Labute approximate surface area is 169 Å². The van der Waals surface area contributed by atoms with E-state index in [4.69, 9.17) is 0 Å². The average Bonchev–Trinajstić information content (AvgIpc) is 3.33. The zero-order chi connectivity index (χ0) is 20.1. The summed E-state index contributed by atoms with van der Waals surface area (Å²) in [4.78, 5) is 28.7. The van der Waals surface area contributed by atoms with Crippen LogP contribution in [0.4, 0.5) is 5.69 Å². The number of nitrogens with zero attached hydrogens (tertiary/aromatic N) is 4. The third-order valence-corrected chi connectivity index (χ3v) is 5.30. The fraction of sp³-hybridized carbons (Fsp3) is 0.429. The van der Waals surface area contributed by atoms with Crippen LogP contribution >= 0.6 is 0 Å². The van der Waals surface area contributed by atoms with Crippen molar-refractivity contribution in [3.05, 3.63) is 48.7 Å². The van der Waals surface area contributed by atoms with Crippen molar-refractivity contribution in [3.63, 3.8) is 0 Å². The van der Waals surface area contributed by atoms with Crippen LogP contribution in [-0.2, 0) is 16.1 Å². The van der Waals surface area contributed by atoms with Crippen LogP contribution in [0.1, 0.15) is 44.2 Å². The molecule has 1 aliphatic carbocycles. The van der Waals surface area contributed by atoms with E-state index in [0.717, 1.165) is 24.2 Å². The summed E-state index contributed by atoms with van der Waals surface area (Å²) >= 11 is 0. The highest BCUT2D eigenvalue weighted by Crippen LogP contribution is 2.26. The normalized spacial score (nSPS) is 14.8. The van der Waals surface area contributed by atoms with E-state index in [9.17, 15) is 9.59 Å². The van der Waals surface area contributed by atoms with Crippen LogP contribution in [-0.4, -0.2) is 37.5 Å². The Balaban J connectivity index is 1.24. The molecule has 152 valence electrons. The van der Waals surface area contributed by atoms with Crippen molar-refractivity contribution >= 4 is 23.1 Å². The third-order valence-electron chi connectivity index (χ3n) is 5.30. The van der Waals surface area contributed by atoms with Crippen LogP contribution in [0, 0.1) is 5.92 Å². The molecule has 2 N–H and O–H groups in total. The van der Waals surface area contributed by atoms with Gasteiger partial charge in [-0.1, -0.05) is 25.3 Å². The number of imidazole rings is 1. The van der Waals surface area contributed by atoms with Crippen molar-refractivity contribution in [2.75, 3.05) is 11.9 Å². The largest absolute Gasteiger partial charge is 0.347 e. The lowest BCUT2D eigenvalue weighted by Crippen LogP contribution is -2.34. The number of fused-ring (bicyclic) bond motifs is 1. The molecule has 8 heteroatoms. The SMILES string of the molecule is O=C(CC1CCCCC1)NCC(=O)Nc1cnn(Cc2cn3ccccc3n2)c1. The molecule has 1 fully saturated rings. The van der Waals surface area contributed by atoms with Crippen molar-refractivity contribution in [3.8, 4) is 0 Å². The summed E-state index contributed by atoms with van der Waals surface area (Å²) in [6, 6.07) is 5.84. The zero-order valence-electron chi connectivity index (χ0n) is 16.4. The quantitative estimate of drug-likeness (QED) is 0.644. The smallest absolute Gasteiger partial charge is 0.243 e. The number of carbonyl (C=O) groups is 2. The first-order valence-corrected chi connectivity index (χ1v) is 10.2. The van der Waals surface area contributed by atoms with Gasteiger partial charge < -0.3 is 15.0 Å². The van der Waals surface area contributed by atoms with Crippen LogP contribution < -0.4 is 10.6 Å². The molecule has 0 unspecified atom stereocenters. The van der Waals surface area contributed by atoms with Crippen LogP contribution in [0.15, 0.2) is 43.0 Å². The maximum absolute atomic E-state index is 12.1. The van der Waals surface area contributed by atoms with Gasteiger partial charge in [0.2, 0.25) is 11.8 Å². The molecular weight excluding hydrogens is 368 g/mol. The molecule has 0 aromatic carbocycles. The van der Waals surface area contributed by atoms with Gasteiger partial charge >= 0.3 is 0 Å². The molecule has 4 rings (SSSR count). The number of rotatable bonds is 7. The fourth-order valence-electron chi connectivity index (χ4n) is 3.85. The minimum absolute atomic E-state index is 0.0246. The van der Waals surface area contributed by atoms with E-state index >= 15 is 0 Å². The lowest BCUT2D eigenvalue weighted by molar-refractivity contribution is -0.125. The molecule has 2 amide bonds. The van der Waals surface area contributed by atoms with E-state index in [1.54, 1.807) is 17.1 Å². The molecule has 0 spiro atoms. The molecule has 0 atom stereocenters. The predicted octanol–water partition coefficient (Wildman–Crippen LogP) is 2.60. The fourth-order valence-corrected chi connectivity index (χ4v) is 3.85. The number of hydrogen-bond acceptors (Lipinski definition) is 4. The Kier molecular flexibility index (Phi) is 5.88. The Morgan fingerprint density at radius 1 is 1.10 bits per heavy atom. The number of amides is 2. The van der Waals surface area contributed by atoms with Crippen molar-refractivity contribution in [1.82, 2.24) is 24.5 Å². The summed E-state index contributed by atoms with van der Waals surface area (Å²) in [5.41, 5.74) is 2.36. The van der Waals surface area contributed by atoms with E-state index in [-0.39, 0.29) is 18.4 Å². The van der Waals surface area contributed by atoms with Crippen LogP contribution in [0.3, 0.4) is 0 Å². The number of hydrogen-bond donors (Lipinski definition) is 2. The molecule has 3 heterocycles. The van der Waals surface area contributed by atoms with Gasteiger partial charge in [-0.2, -0.15) is 5.10 Å². The molecule has 1 aliphatic rings. The Bertz CT molecular complexity index is 953. The van der Waals surface area contributed by atoms with Gasteiger partial charge in [0.15, 0.2) is 0 Å². The second-order valence-corrected chi connectivity index (χ2v) is 7.66. The van der Waals surface area contributed by atoms with Gasteiger partial charge in [0.05, 0.1) is 30.7 Å². The highest BCUT2D eigenvalue weighted by Gasteiger charge is 2.17. The summed E-state index contributed by atoms with van der Waals surface area (Å²) in [5.74, 6) is 0.161. The maximum atomic E-state index is 12.1. The van der Waals surface area contributed by atoms with Crippen LogP contribution in [0.2, 0.25) is 0 Å². The van der Waals surface area contributed by atoms with Gasteiger partial charge in [0, 0.05) is 25.0 Å². The van der Waals surface area contributed by atoms with Crippen LogP contribution in [0.25, 0.3) is 5.65 Å². The standard InChI is InChI=1S/C21H26N6O2/c28-20(10-16-6-2-1-3-7-16)22-12-21(29)25-17-11-23-27(14-17)15-18-13-26-9-5-4-8-19(26)24-18/h4-5,8-9,11,13-14,16H,1-3,6-7,10,12,15H2,(H,22,28)(H,25,29). The molecule has 8 nitrogen and oxygen atoms in total. The van der Waals surface area contributed by atoms with Crippen molar-refractivity contribution in [1.29, 1.82) is 0 Å². The number of anilines is 1. The zero-order valence-corrected chi connectivity index (χ0v) is 16.4. The molecule has 3 aromatic heterocycles. The predicted molar refractivity (Wildman–Crippen MR) is 109 cm³/mol. The molecule has 3 aromatic rings. The Morgan fingerprint density at radius 2 is 1.97 bits per heavy atom. The van der Waals surface area contributed by atoms with E-state index in [1.165, 1.54) is 19.3 Å². The average molecular weight is 394 g/mol. The van der Waals surface area contributed by atoms with Crippen LogP contribution in [0.5, 0.6) is 0 Å². The summed E-state index contributed by atoms with van der Waals surface area (Å²) < 4.78 is 3.68. The Morgan fingerprint density at radius 3 is 2.79 bits per heavy atom. The van der Waals surface area contributed by atoms with Crippen molar-refractivity contribution in [2.24, 2.45) is 5.92 Å². The molecule has 0 saturated heterocycles. The molecule has 0 aliphatic heterocycles. The molecule has 1 saturated carbocycles. The van der Waals surface area contributed by atoms with E-state index in [0.29, 0.717) is 24.6 Å². The van der Waals surface area contributed by atoms with Gasteiger partial charge in [0.25, 0.3) is 0 Å². The second kappa shape index (κ2) is 8.89. The summed E-state index contributed by atoms with van der Waals surface area (Å²) in [6.07, 6.45) is 13.7. The molecular formula is C21H26N6O2. The highest BCUT2D eigenvalue weighted by molar-refractivity contribution is 5.94. The third kappa shape index (κ3) is 5.22. The van der Waals surface area contributed by atoms with Crippen molar-refractivity contribution < 1.29 is 9.59 Å². The lowest BCUT2D eigenvalue weighted by Gasteiger charge is -2.20. The lowest BCUT2D eigenvalue weighted by atomic mass is 9.87. The van der Waals surface area contributed by atoms with E-state index in [1.807, 2.05) is 35.0 Å². The van der Waals surface area contributed by atoms with Gasteiger partial charge in [-0.15, -0.1) is 0 Å². The summed E-state index contributed by atoms with van der Waals surface area (Å²) in [7, 11) is 0. The topological polar surface area (TPSA) is 93.3 Å². The van der Waals surface area contributed by atoms with Crippen molar-refractivity contribution in [2.45, 2.75) is 45.1 Å². The summed E-state index contributed by atoms with van der Waals surface area (Å²) in [5, 5.41) is 9.76. The first-order valence-electron chi connectivity index (χ1n) is 10.2. The first-order chi connectivity index (χ1) is 14.2. The second-order valence-electron chi connectivity index (χ2n) is 7.66. The minimum atomic E-state index is -0.255.